The zero-order valence-electron chi connectivity index (χ0n) is 16.2. The maximum absolute atomic E-state index is 10.0. The predicted molar refractivity (Wildman–Crippen MR) is 107 cm³/mol. The Morgan fingerprint density at radius 3 is 2.27 bits per heavy atom. The molecule has 1 unspecified atom stereocenters. The number of hydrogen-bond donors (Lipinski definition) is 0. The van der Waals surface area contributed by atoms with Crippen molar-refractivity contribution in [3.8, 4) is 5.69 Å². The second-order valence-electron chi connectivity index (χ2n) is 8.01. The third kappa shape index (κ3) is 7.04. The third-order valence-corrected chi connectivity index (χ3v) is 5.77. The molecule has 1 aliphatic rings. The van der Waals surface area contributed by atoms with Crippen LogP contribution in [0.3, 0.4) is 0 Å². The van der Waals surface area contributed by atoms with Crippen LogP contribution in [0.5, 0.6) is 0 Å². The quantitative estimate of drug-likeness (QED) is 0.703. The molecular formula is C21H31N2O2S-. The van der Waals surface area contributed by atoms with E-state index in [4.69, 9.17) is 0 Å². The van der Waals surface area contributed by atoms with Gasteiger partial charge in [0.15, 0.2) is 0 Å². The number of benzene rings is 1. The van der Waals surface area contributed by atoms with Gasteiger partial charge in [0.1, 0.15) is 0 Å². The molecule has 1 heterocycles. The smallest absolute Gasteiger partial charge is 0.0645 e. The van der Waals surface area contributed by atoms with Crippen molar-refractivity contribution in [2.75, 3.05) is 0 Å². The highest BCUT2D eigenvalue weighted by Crippen LogP contribution is 2.27. The molecule has 2 aromatic rings. The van der Waals surface area contributed by atoms with E-state index < -0.39 is 15.8 Å². The van der Waals surface area contributed by atoms with Crippen LogP contribution in [0.4, 0.5) is 0 Å². The van der Waals surface area contributed by atoms with Gasteiger partial charge in [0, 0.05) is 17.1 Å². The van der Waals surface area contributed by atoms with E-state index in [1.165, 1.54) is 50.5 Å². The van der Waals surface area contributed by atoms with Crippen molar-refractivity contribution in [2.45, 2.75) is 70.5 Å². The molecule has 144 valence electrons. The van der Waals surface area contributed by atoms with E-state index in [1.54, 1.807) is 20.8 Å². The Morgan fingerprint density at radius 2 is 1.77 bits per heavy atom. The fraction of sp³-hybridized carbons (Fsp3) is 0.571. The maximum atomic E-state index is 10.0. The van der Waals surface area contributed by atoms with Crippen LogP contribution in [0.15, 0.2) is 42.7 Å². The van der Waals surface area contributed by atoms with E-state index >= 15 is 0 Å². The first-order valence-electron chi connectivity index (χ1n) is 9.54. The summed E-state index contributed by atoms with van der Waals surface area (Å²) in [5.74, 6) is 0.972. The van der Waals surface area contributed by atoms with Crippen LogP contribution in [0.25, 0.3) is 5.69 Å². The van der Waals surface area contributed by atoms with Gasteiger partial charge in [-0.3, -0.25) is 4.21 Å². The van der Waals surface area contributed by atoms with E-state index in [1.807, 2.05) is 23.1 Å². The highest BCUT2D eigenvalue weighted by Gasteiger charge is 2.13. The average Bonchev–Trinajstić information content (AvgIpc) is 3.16. The molecule has 1 aromatic carbocycles. The first-order valence-corrected chi connectivity index (χ1v) is 10.6. The molecule has 1 aromatic heterocycles. The van der Waals surface area contributed by atoms with Crippen molar-refractivity contribution in [1.29, 1.82) is 0 Å². The molecule has 0 bridgehead atoms. The lowest BCUT2D eigenvalue weighted by atomic mass is 9.85. The van der Waals surface area contributed by atoms with E-state index in [2.05, 4.69) is 29.4 Å². The number of hydrogen-bond acceptors (Lipinski definition) is 3. The third-order valence-electron chi connectivity index (χ3n) is 4.77. The Hall–Kier alpha value is -1.46. The monoisotopic (exact) mass is 375 g/mol. The number of nitrogens with zero attached hydrogens (tertiary/aromatic N) is 2. The molecule has 1 atom stereocenters. The summed E-state index contributed by atoms with van der Waals surface area (Å²) < 4.78 is 21.4. The average molecular weight is 376 g/mol. The largest absolute Gasteiger partial charge is 0.772 e. The molecule has 26 heavy (non-hydrogen) atoms. The molecule has 1 fully saturated rings. The standard InChI is InChI=1S/C17H22N2.C4H10O2S/c1-2-5-15(6-3-1)7-8-16-9-11-17(12-10-16)19-14-4-13-18-19;1-4(2,3)7(5)6/h4,9-15H,1-3,5-8H2;1-3H3,(H,5,6)/p-1. The van der Waals surface area contributed by atoms with Gasteiger partial charge >= 0.3 is 0 Å². The SMILES string of the molecule is CC(C)(C)S(=O)[O-].c1cnn(-c2ccc(CCC3CCCCC3)cc2)c1. The summed E-state index contributed by atoms with van der Waals surface area (Å²) in [5.41, 5.74) is 2.60. The summed E-state index contributed by atoms with van der Waals surface area (Å²) in [6.07, 6.45) is 13.6. The Balaban J connectivity index is 0.000000298. The van der Waals surface area contributed by atoms with Gasteiger partial charge in [-0.15, -0.1) is 0 Å². The molecular weight excluding hydrogens is 344 g/mol. The molecule has 0 N–H and O–H groups in total. The van der Waals surface area contributed by atoms with Crippen molar-refractivity contribution in [2.24, 2.45) is 5.92 Å². The normalized spacial score (nSPS) is 16.6. The van der Waals surface area contributed by atoms with E-state index in [-0.39, 0.29) is 0 Å². The van der Waals surface area contributed by atoms with Gasteiger partial charge in [-0.05, 0) is 74.4 Å². The molecule has 0 aliphatic heterocycles. The van der Waals surface area contributed by atoms with Gasteiger partial charge in [0.05, 0.1) is 5.69 Å². The molecule has 0 saturated heterocycles. The van der Waals surface area contributed by atoms with E-state index in [0.717, 1.165) is 11.6 Å². The summed E-state index contributed by atoms with van der Waals surface area (Å²) in [4.78, 5) is 0. The molecule has 3 rings (SSSR count). The maximum Gasteiger partial charge on any atom is 0.0645 e. The summed E-state index contributed by atoms with van der Waals surface area (Å²) in [6.45, 7) is 4.95. The molecule has 1 aliphatic carbocycles. The van der Waals surface area contributed by atoms with Crippen molar-refractivity contribution < 1.29 is 8.76 Å². The summed E-state index contributed by atoms with van der Waals surface area (Å²) in [6, 6.07) is 10.8. The lowest BCUT2D eigenvalue weighted by Crippen LogP contribution is -2.20. The number of rotatable bonds is 4. The van der Waals surface area contributed by atoms with Crippen molar-refractivity contribution in [3.05, 3.63) is 48.3 Å². The van der Waals surface area contributed by atoms with E-state index in [0.29, 0.717) is 0 Å². The lowest BCUT2D eigenvalue weighted by molar-refractivity contribution is 0.339. The van der Waals surface area contributed by atoms with Crippen LogP contribution in [-0.2, 0) is 17.5 Å². The molecule has 1 saturated carbocycles. The van der Waals surface area contributed by atoms with Gasteiger partial charge in [-0.25, -0.2) is 4.68 Å². The fourth-order valence-corrected chi connectivity index (χ4v) is 3.08. The lowest BCUT2D eigenvalue weighted by Gasteiger charge is -2.21. The topological polar surface area (TPSA) is 57.9 Å². The molecule has 4 nitrogen and oxygen atoms in total. The number of aryl methyl sites for hydroxylation is 1. The fourth-order valence-electron chi connectivity index (χ4n) is 3.08. The minimum atomic E-state index is -1.93. The second-order valence-corrected chi connectivity index (χ2v) is 9.70. The van der Waals surface area contributed by atoms with Crippen LogP contribution >= 0.6 is 0 Å². The zero-order chi connectivity index (χ0) is 19.0. The van der Waals surface area contributed by atoms with Crippen molar-refractivity contribution >= 4 is 11.1 Å². The summed E-state index contributed by atoms with van der Waals surface area (Å²) in [5, 5.41) is 4.25. The highest BCUT2D eigenvalue weighted by atomic mass is 32.2. The Morgan fingerprint density at radius 1 is 1.15 bits per heavy atom. The zero-order valence-corrected chi connectivity index (χ0v) is 17.0. The number of aromatic nitrogens is 2. The minimum Gasteiger partial charge on any atom is -0.772 e. The van der Waals surface area contributed by atoms with Gasteiger partial charge in [0.2, 0.25) is 0 Å². The van der Waals surface area contributed by atoms with Gasteiger partial charge in [-0.2, -0.15) is 5.10 Å². The minimum absolute atomic E-state index is 0.583. The van der Waals surface area contributed by atoms with Crippen LogP contribution in [0, 0.1) is 5.92 Å². The van der Waals surface area contributed by atoms with Gasteiger partial charge in [0.25, 0.3) is 0 Å². The molecule has 0 amide bonds. The predicted octanol–water partition coefficient (Wildman–Crippen LogP) is 5.05. The van der Waals surface area contributed by atoms with Crippen LogP contribution in [0.1, 0.15) is 64.9 Å². The summed E-state index contributed by atoms with van der Waals surface area (Å²) in [7, 11) is 0. The van der Waals surface area contributed by atoms with Crippen LogP contribution in [-0.4, -0.2) is 23.3 Å². The highest BCUT2D eigenvalue weighted by molar-refractivity contribution is 7.80. The molecule has 0 radical (unpaired) electrons. The molecule has 0 spiro atoms. The Labute approximate surface area is 160 Å². The Bertz CT molecular complexity index is 654. The van der Waals surface area contributed by atoms with Gasteiger partial charge < -0.3 is 4.55 Å². The Kier molecular flexibility index (Phi) is 8.04. The van der Waals surface area contributed by atoms with Gasteiger partial charge in [-0.1, -0.05) is 44.2 Å². The van der Waals surface area contributed by atoms with Crippen molar-refractivity contribution in [3.63, 3.8) is 0 Å². The van der Waals surface area contributed by atoms with Crippen LogP contribution in [0.2, 0.25) is 0 Å². The van der Waals surface area contributed by atoms with Crippen molar-refractivity contribution in [1.82, 2.24) is 9.78 Å². The summed E-state index contributed by atoms with van der Waals surface area (Å²) >= 11 is -1.93. The second kappa shape index (κ2) is 10.0. The molecule has 5 heteroatoms. The first kappa shape index (κ1) is 20.8. The van der Waals surface area contributed by atoms with E-state index in [9.17, 15) is 8.76 Å². The first-order chi connectivity index (χ1) is 12.4. The van der Waals surface area contributed by atoms with Crippen LogP contribution < -0.4 is 0 Å².